The molecule has 0 aliphatic carbocycles. The molecule has 1 atom stereocenters. The molecular weight excluding hydrogens is 252 g/mol. The molecule has 0 amide bonds. The van der Waals surface area contributed by atoms with Crippen LogP contribution < -0.4 is 15.8 Å². The quantitative estimate of drug-likeness (QED) is 0.808. The number of ether oxygens (including phenoxy) is 1. The first-order valence-electron chi connectivity index (χ1n) is 5.76. The minimum absolute atomic E-state index is 0.136. The first-order chi connectivity index (χ1) is 8.34. The van der Waals surface area contributed by atoms with Gasteiger partial charge in [0.15, 0.2) is 9.84 Å². The van der Waals surface area contributed by atoms with Crippen LogP contribution in [0.4, 0.5) is 11.4 Å². The van der Waals surface area contributed by atoms with Crippen molar-refractivity contribution >= 4 is 21.2 Å². The van der Waals surface area contributed by atoms with Crippen molar-refractivity contribution in [1.82, 2.24) is 0 Å². The Balaban J connectivity index is 2.24. The molecule has 0 saturated carbocycles. The average molecular weight is 270 g/mol. The number of hydrogen-bond donors (Lipinski definition) is 2. The second kappa shape index (κ2) is 4.35. The van der Waals surface area contributed by atoms with Crippen LogP contribution >= 0.6 is 0 Å². The molecule has 3 N–H and O–H groups in total. The molecule has 6 heteroatoms. The predicted molar refractivity (Wildman–Crippen MR) is 72.7 cm³/mol. The Morgan fingerprint density at radius 3 is 2.72 bits per heavy atom. The topological polar surface area (TPSA) is 81.4 Å². The van der Waals surface area contributed by atoms with E-state index < -0.39 is 15.4 Å². The number of rotatable bonds is 3. The third kappa shape index (κ3) is 2.69. The smallest absolute Gasteiger partial charge is 0.152 e. The van der Waals surface area contributed by atoms with E-state index >= 15 is 0 Å². The van der Waals surface area contributed by atoms with E-state index in [0.29, 0.717) is 23.5 Å². The van der Waals surface area contributed by atoms with Crippen molar-refractivity contribution in [2.75, 3.05) is 29.7 Å². The van der Waals surface area contributed by atoms with Crippen LogP contribution in [0.5, 0.6) is 5.75 Å². The van der Waals surface area contributed by atoms with Crippen LogP contribution in [0, 0.1) is 0 Å². The van der Waals surface area contributed by atoms with E-state index in [1.165, 1.54) is 0 Å². The van der Waals surface area contributed by atoms with E-state index in [-0.39, 0.29) is 11.5 Å². The third-order valence-electron chi connectivity index (χ3n) is 3.20. The molecule has 1 unspecified atom stereocenters. The van der Waals surface area contributed by atoms with Crippen molar-refractivity contribution in [2.24, 2.45) is 0 Å². The van der Waals surface area contributed by atoms with Gasteiger partial charge in [0.1, 0.15) is 5.75 Å². The van der Waals surface area contributed by atoms with E-state index in [4.69, 9.17) is 10.5 Å². The fraction of sp³-hybridized carbons (Fsp3) is 0.500. The van der Waals surface area contributed by atoms with Gasteiger partial charge < -0.3 is 15.8 Å². The van der Waals surface area contributed by atoms with Gasteiger partial charge in [-0.3, -0.25) is 0 Å². The van der Waals surface area contributed by atoms with Crippen LogP contribution in [-0.2, 0) is 9.84 Å². The maximum absolute atomic E-state index is 11.5. The van der Waals surface area contributed by atoms with Gasteiger partial charge in [0.05, 0.1) is 30.0 Å². The molecule has 1 aromatic rings. The summed E-state index contributed by atoms with van der Waals surface area (Å²) in [5.41, 5.74) is 6.72. The van der Waals surface area contributed by atoms with Gasteiger partial charge in [-0.15, -0.1) is 0 Å². The minimum atomic E-state index is -2.94. The molecule has 0 radical (unpaired) electrons. The molecule has 0 spiro atoms. The Kier molecular flexibility index (Phi) is 3.14. The summed E-state index contributed by atoms with van der Waals surface area (Å²) in [5.74, 6) is 1.05. The van der Waals surface area contributed by atoms with E-state index in [2.05, 4.69) is 5.32 Å². The zero-order valence-electron chi connectivity index (χ0n) is 10.6. The summed E-state index contributed by atoms with van der Waals surface area (Å²) in [5, 5.41) is 3.23. The van der Waals surface area contributed by atoms with Gasteiger partial charge >= 0.3 is 0 Å². The van der Waals surface area contributed by atoms with Gasteiger partial charge in [0.2, 0.25) is 0 Å². The Morgan fingerprint density at radius 2 is 2.17 bits per heavy atom. The zero-order valence-corrected chi connectivity index (χ0v) is 11.4. The van der Waals surface area contributed by atoms with E-state index in [1.807, 2.05) is 6.92 Å². The lowest BCUT2D eigenvalue weighted by Gasteiger charge is -2.26. The highest BCUT2D eigenvalue weighted by atomic mass is 32.2. The number of anilines is 2. The number of benzene rings is 1. The molecule has 18 heavy (non-hydrogen) atoms. The van der Waals surface area contributed by atoms with Crippen molar-refractivity contribution < 1.29 is 13.2 Å². The van der Waals surface area contributed by atoms with E-state index in [9.17, 15) is 8.42 Å². The molecule has 1 saturated heterocycles. The van der Waals surface area contributed by atoms with E-state index in [0.717, 1.165) is 0 Å². The van der Waals surface area contributed by atoms with Gasteiger partial charge in [0.25, 0.3) is 0 Å². The van der Waals surface area contributed by atoms with Crippen LogP contribution in [-0.4, -0.2) is 32.6 Å². The fourth-order valence-corrected chi connectivity index (χ4v) is 4.30. The molecule has 0 aromatic heterocycles. The molecule has 1 heterocycles. The number of nitrogens with one attached hydrogen (secondary N) is 1. The largest absolute Gasteiger partial charge is 0.497 e. The molecule has 1 fully saturated rings. The Labute approximate surface area is 107 Å². The lowest BCUT2D eigenvalue weighted by molar-refractivity contribution is 0.415. The predicted octanol–water partition coefficient (Wildman–Crippen LogP) is 1.27. The Hall–Kier alpha value is -1.43. The maximum Gasteiger partial charge on any atom is 0.152 e. The fourth-order valence-electron chi connectivity index (χ4n) is 2.20. The number of hydrogen-bond acceptors (Lipinski definition) is 5. The number of nitrogen functional groups attached to an aromatic ring is 1. The molecule has 1 aliphatic heterocycles. The number of sulfone groups is 1. The minimum Gasteiger partial charge on any atom is -0.497 e. The average Bonchev–Trinajstić information content (AvgIpc) is 2.56. The van der Waals surface area contributed by atoms with Crippen LogP contribution in [0.3, 0.4) is 0 Å². The Bertz CT molecular complexity index is 556. The highest BCUT2D eigenvalue weighted by molar-refractivity contribution is 7.91. The Morgan fingerprint density at radius 1 is 1.44 bits per heavy atom. The first kappa shape index (κ1) is 13.0. The lowest BCUT2D eigenvalue weighted by Crippen LogP contribution is -2.36. The normalized spacial score (nSPS) is 25.9. The third-order valence-corrected chi connectivity index (χ3v) is 5.10. The van der Waals surface area contributed by atoms with Gasteiger partial charge in [0, 0.05) is 11.6 Å². The molecule has 2 rings (SSSR count). The van der Waals surface area contributed by atoms with Crippen molar-refractivity contribution in [3.63, 3.8) is 0 Å². The molecule has 0 bridgehead atoms. The summed E-state index contributed by atoms with van der Waals surface area (Å²) in [6.07, 6.45) is 0.589. The monoisotopic (exact) mass is 270 g/mol. The summed E-state index contributed by atoms with van der Waals surface area (Å²) in [7, 11) is -1.36. The standard InChI is InChI=1S/C12H18N2O3S/c1-12(5-6-18(15,16)8-12)14-11-7-9(17-2)3-4-10(11)13/h3-4,7,14H,5-6,8,13H2,1-2H3. The van der Waals surface area contributed by atoms with Crippen molar-refractivity contribution in [3.05, 3.63) is 18.2 Å². The van der Waals surface area contributed by atoms with Crippen molar-refractivity contribution in [2.45, 2.75) is 18.9 Å². The van der Waals surface area contributed by atoms with Crippen LogP contribution in [0.2, 0.25) is 0 Å². The molecule has 100 valence electrons. The molecule has 1 aromatic carbocycles. The second-order valence-electron chi connectivity index (χ2n) is 4.98. The van der Waals surface area contributed by atoms with Crippen LogP contribution in [0.1, 0.15) is 13.3 Å². The first-order valence-corrected chi connectivity index (χ1v) is 7.58. The second-order valence-corrected chi connectivity index (χ2v) is 7.16. The highest BCUT2D eigenvalue weighted by Gasteiger charge is 2.38. The van der Waals surface area contributed by atoms with Crippen molar-refractivity contribution in [1.29, 1.82) is 0 Å². The summed E-state index contributed by atoms with van der Waals surface area (Å²) in [6.45, 7) is 1.90. The molecule has 5 nitrogen and oxygen atoms in total. The summed E-state index contributed by atoms with van der Waals surface area (Å²) < 4.78 is 28.2. The van der Waals surface area contributed by atoms with Crippen LogP contribution in [0.15, 0.2) is 18.2 Å². The highest BCUT2D eigenvalue weighted by Crippen LogP contribution is 2.32. The summed E-state index contributed by atoms with van der Waals surface area (Å²) >= 11 is 0. The number of methoxy groups -OCH3 is 1. The zero-order chi connectivity index (χ0) is 13.4. The van der Waals surface area contributed by atoms with Gasteiger partial charge in [-0.1, -0.05) is 0 Å². The van der Waals surface area contributed by atoms with Crippen LogP contribution in [0.25, 0.3) is 0 Å². The van der Waals surface area contributed by atoms with Gasteiger partial charge in [-0.05, 0) is 25.5 Å². The van der Waals surface area contributed by atoms with Gasteiger partial charge in [-0.2, -0.15) is 0 Å². The molecular formula is C12H18N2O3S. The summed E-state index contributed by atoms with van der Waals surface area (Å²) in [6, 6.07) is 5.30. The summed E-state index contributed by atoms with van der Waals surface area (Å²) in [4.78, 5) is 0. The van der Waals surface area contributed by atoms with E-state index in [1.54, 1.807) is 25.3 Å². The molecule has 1 aliphatic rings. The lowest BCUT2D eigenvalue weighted by atomic mass is 10.0. The number of nitrogens with two attached hydrogens (primary N) is 1. The maximum atomic E-state index is 11.5. The SMILES string of the molecule is COc1ccc(N)c(NC2(C)CCS(=O)(=O)C2)c1. The van der Waals surface area contributed by atoms with Crippen molar-refractivity contribution in [3.8, 4) is 5.75 Å². The van der Waals surface area contributed by atoms with Gasteiger partial charge in [-0.25, -0.2) is 8.42 Å².